The number of carbonyl (C=O) groups is 1. The fourth-order valence-corrected chi connectivity index (χ4v) is 3.36. The number of hydrogen-bond acceptors (Lipinski definition) is 2. The summed E-state index contributed by atoms with van der Waals surface area (Å²) < 4.78 is 7.46. The highest BCUT2D eigenvalue weighted by Crippen LogP contribution is 2.38. The minimum absolute atomic E-state index is 0.0330. The summed E-state index contributed by atoms with van der Waals surface area (Å²) in [6.07, 6.45) is 3.60. The molecule has 0 bridgehead atoms. The zero-order chi connectivity index (χ0) is 13.4. The average molecular weight is 389 g/mol. The molecule has 1 saturated carbocycles. The predicted molar refractivity (Wildman–Crippen MR) is 80.2 cm³/mol. The fraction of sp³-hybridized carbons (Fsp3) is 0.500. The average Bonchev–Trinajstić information content (AvgIpc) is 3.13. The van der Waals surface area contributed by atoms with Gasteiger partial charge in [0.25, 0.3) is 5.91 Å². The molecule has 0 radical (unpaired) electrons. The summed E-state index contributed by atoms with van der Waals surface area (Å²) in [6, 6.07) is 5.78. The van der Waals surface area contributed by atoms with E-state index in [4.69, 9.17) is 4.74 Å². The van der Waals surface area contributed by atoms with Gasteiger partial charge in [-0.25, -0.2) is 0 Å². The van der Waals surface area contributed by atoms with Crippen molar-refractivity contribution in [1.29, 1.82) is 0 Å². The van der Waals surface area contributed by atoms with E-state index in [0.29, 0.717) is 11.5 Å². The first kappa shape index (κ1) is 13.6. The Morgan fingerprint density at radius 1 is 1.26 bits per heavy atom. The SMILES string of the molecule is O=C(NC1CCOC1C1CC1)c1cc(Br)ccc1Br. The Morgan fingerprint density at radius 3 is 2.79 bits per heavy atom. The molecule has 3 rings (SSSR count). The highest BCUT2D eigenvalue weighted by molar-refractivity contribution is 9.11. The van der Waals surface area contributed by atoms with Gasteiger partial charge < -0.3 is 10.1 Å². The van der Waals surface area contributed by atoms with Gasteiger partial charge in [0.2, 0.25) is 0 Å². The largest absolute Gasteiger partial charge is 0.376 e. The highest BCUT2D eigenvalue weighted by atomic mass is 79.9. The van der Waals surface area contributed by atoms with Crippen LogP contribution in [-0.4, -0.2) is 24.7 Å². The monoisotopic (exact) mass is 387 g/mol. The molecule has 1 aliphatic carbocycles. The summed E-state index contributed by atoms with van der Waals surface area (Å²) >= 11 is 6.82. The summed E-state index contributed by atoms with van der Waals surface area (Å²) in [5.41, 5.74) is 0.663. The molecule has 5 heteroatoms. The second-order valence-electron chi connectivity index (χ2n) is 5.17. The van der Waals surface area contributed by atoms with Gasteiger partial charge in [-0.15, -0.1) is 0 Å². The van der Waals surface area contributed by atoms with Crippen LogP contribution in [0.3, 0.4) is 0 Å². The first-order chi connectivity index (χ1) is 9.15. The summed E-state index contributed by atoms with van der Waals surface area (Å²) in [5.74, 6) is 0.619. The van der Waals surface area contributed by atoms with E-state index in [1.165, 1.54) is 12.8 Å². The smallest absolute Gasteiger partial charge is 0.252 e. The molecule has 2 fully saturated rings. The maximum absolute atomic E-state index is 12.3. The third kappa shape index (κ3) is 3.03. The van der Waals surface area contributed by atoms with Gasteiger partial charge in [0, 0.05) is 15.6 Å². The van der Waals surface area contributed by atoms with Crippen molar-refractivity contribution >= 4 is 37.8 Å². The molecular formula is C14H15Br2NO2. The number of halogens is 2. The highest BCUT2D eigenvalue weighted by Gasteiger charge is 2.41. The van der Waals surface area contributed by atoms with Gasteiger partial charge in [-0.05, 0) is 59.3 Å². The lowest BCUT2D eigenvalue weighted by molar-refractivity contribution is 0.0729. The van der Waals surface area contributed by atoms with E-state index in [9.17, 15) is 4.79 Å². The molecule has 2 unspecified atom stereocenters. The van der Waals surface area contributed by atoms with Gasteiger partial charge in [-0.2, -0.15) is 0 Å². The predicted octanol–water partition coefficient (Wildman–Crippen LogP) is 3.51. The van der Waals surface area contributed by atoms with E-state index in [1.54, 1.807) is 0 Å². The molecule has 1 aromatic carbocycles. The van der Waals surface area contributed by atoms with Crippen molar-refractivity contribution in [3.63, 3.8) is 0 Å². The van der Waals surface area contributed by atoms with E-state index in [0.717, 1.165) is 22.0 Å². The quantitative estimate of drug-likeness (QED) is 0.860. The van der Waals surface area contributed by atoms with Crippen molar-refractivity contribution in [2.75, 3.05) is 6.61 Å². The number of rotatable bonds is 3. The minimum Gasteiger partial charge on any atom is -0.376 e. The number of carbonyl (C=O) groups excluding carboxylic acids is 1. The molecular weight excluding hydrogens is 374 g/mol. The molecule has 2 aliphatic rings. The molecule has 19 heavy (non-hydrogen) atoms. The second-order valence-corrected chi connectivity index (χ2v) is 6.94. The third-order valence-corrected chi connectivity index (χ3v) is 4.90. The second kappa shape index (κ2) is 5.54. The molecule has 1 aliphatic heterocycles. The van der Waals surface area contributed by atoms with Crippen LogP contribution >= 0.6 is 31.9 Å². The van der Waals surface area contributed by atoms with E-state index >= 15 is 0 Å². The molecule has 3 nitrogen and oxygen atoms in total. The van der Waals surface area contributed by atoms with Crippen LogP contribution in [0.25, 0.3) is 0 Å². The van der Waals surface area contributed by atoms with Gasteiger partial charge in [0.15, 0.2) is 0 Å². The molecule has 0 spiro atoms. The zero-order valence-electron chi connectivity index (χ0n) is 10.4. The fourth-order valence-electron chi connectivity index (χ4n) is 2.57. The topological polar surface area (TPSA) is 38.3 Å². The van der Waals surface area contributed by atoms with Crippen LogP contribution in [0.1, 0.15) is 29.6 Å². The van der Waals surface area contributed by atoms with Crippen LogP contribution in [-0.2, 0) is 4.74 Å². The van der Waals surface area contributed by atoms with Crippen molar-refractivity contribution in [1.82, 2.24) is 5.32 Å². The first-order valence-corrected chi connectivity index (χ1v) is 8.11. The van der Waals surface area contributed by atoms with Crippen LogP contribution in [0.2, 0.25) is 0 Å². The van der Waals surface area contributed by atoms with E-state index in [-0.39, 0.29) is 18.1 Å². The number of nitrogens with one attached hydrogen (secondary N) is 1. The third-order valence-electron chi connectivity index (χ3n) is 3.71. The zero-order valence-corrected chi connectivity index (χ0v) is 13.5. The van der Waals surface area contributed by atoms with E-state index in [2.05, 4.69) is 37.2 Å². The number of amides is 1. The maximum atomic E-state index is 12.3. The number of hydrogen-bond donors (Lipinski definition) is 1. The van der Waals surface area contributed by atoms with Crippen molar-refractivity contribution in [2.24, 2.45) is 5.92 Å². The van der Waals surface area contributed by atoms with Gasteiger partial charge in [0.05, 0.1) is 17.7 Å². The van der Waals surface area contributed by atoms with Crippen LogP contribution < -0.4 is 5.32 Å². The van der Waals surface area contributed by atoms with Gasteiger partial charge in [-0.3, -0.25) is 4.79 Å². The first-order valence-electron chi connectivity index (χ1n) is 6.52. The van der Waals surface area contributed by atoms with Crippen LogP contribution in [0.4, 0.5) is 0 Å². The Labute approximate surface area is 129 Å². The lowest BCUT2D eigenvalue weighted by Gasteiger charge is -2.19. The van der Waals surface area contributed by atoms with Crippen LogP contribution in [0, 0.1) is 5.92 Å². The normalized spacial score (nSPS) is 26.4. The summed E-state index contributed by atoms with van der Waals surface area (Å²) in [6.45, 7) is 0.756. The maximum Gasteiger partial charge on any atom is 0.252 e. The molecule has 1 aromatic rings. The van der Waals surface area contributed by atoms with Crippen molar-refractivity contribution < 1.29 is 9.53 Å². The minimum atomic E-state index is -0.0330. The Hall–Kier alpha value is -0.390. The molecule has 102 valence electrons. The van der Waals surface area contributed by atoms with Gasteiger partial charge >= 0.3 is 0 Å². The standard InChI is InChI=1S/C14H15Br2NO2/c15-9-3-4-11(16)10(7-9)14(18)17-12-5-6-19-13(12)8-1-2-8/h3-4,7-8,12-13H,1-2,5-6H2,(H,17,18). The molecule has 0 aromatic heterocycles. The molecule has 1 saturated heterocycles. The summed E-state index contributed by atoms with van der Waals surface area (Å²) in [4.78, 5) is 12.3. The lowest BCUT2D eigenvalue weighted by atomic mass is 10.1. The molecule has 1 N–H and O–H groups in total. The Kier molecular flexibility index (Phi) is 3.96. The number of benzene rings is 1. The van der Waals surface area contributed by atoms with Crippen molar-refractivity contribution in [3.05, 3.63) is 32.7 Å². The molecule has 1 heterocycles. The van der Waals surface area contributed by atoms with Crippen molar-refractivity contribution in [2.45, 2.75) is 31.4 Å². The van der Waals surface area contributed by atoms with Gasteiger partial charge in [-0.1, -0.05) is 15.9 Å². The summed E-state index contributed by atoms with van der Waals surface area (Å²) in [5, 5.41) is 3.12. The van der Waals surface area contributed by atoms with Crippen LogP contribution in [0.5, 0.6) is 0 Å². The van der Waals surface area contributed by atoms with Crippen molar-refractivity contribution in [3.8, 4) is 0 Å². The Bertz CT molecular complexity index is 502. The Balaban J connectivity index is 1.72. The van der Waals surface area contributed by atoms with E-state index < -0.39 is 0 Å². The molecule has 2 atom stereocenters. The lowest BCUT2D eigenvalue weighted by Crippen LogP contribution is -2.41. The van der Waals surface area contributed by atoms with Crippen LogP contribution in [0.15, 0.2) is 27.1 Å². The summed E-state index contributed by atoms with van der Waals surface area (Å²) in [7, 11) is 0. The number of ether oxygens (including phenoxy) is 1. The molecule has 1 amide bonds. The van der Waals surface area contributed by atoms with Gasteiger partial charge in [0.1, 0.15) is 0 Å². The Morgan fingerprint density at radius 2 is 2.05 bits per heavy atom. The van der Waals surface area contributed by atoms with E-state index in [1.807, 2.05) is 18.2 Å².